The van der Waals surface area contributed by atoms with Crippen molar-refractivity contribution in [1.82, 2.24) is 5.32 Å². The highest BCUT2D eigenvalue weighted by atomic mass is 35.5. The van der Waals surface area contributed by atoms with Gasteiger partial charge in [-0.05, 0) is 31.0 Å². The van der Waals surface area contributed by atoms with Gasteiger partial charge < -0.3 is 20.5 Å². The first-order chi connectivity index (χ1) is 10.6. The number of unbranched alkanes of at least 4 members (excludes halogenated alkanes) is 1. The van der Waals surface area contributed by atoms with Crippen molar-refractivity contribution < 1.29 is 14.3 Å². The van der Waals surface area contributed by atoms with Crippen LogP contribution in [0.25, 0.3) is 0 Å². The molecule has 2 atom stereocenters. The van der Waals surface area contributed by atoms with Gasteiger partial charge in [0.15, 0.2) is 0 Å². The first-order valence-electron chi connectivity index (χ1n) is 7.85. The van der Waals surface area contributed by atoms with Crippen LogP contribution in [-0.4, -0.2) is 31.7 Å². The van der Waals surface area contributed by atoms with Crippen molar-refractivity contribution in [3.63, 3.8) is 0 Å². The summed E-state index contributed by atoms with van der Waals surface area (Å²) in [6.45, 7) is 4.69. The number of nitrogens with two attached hydrogens (primary N) is 1. The maximum atomic E-state index is 12.1. The van der Waals surface area contributed by atoms with Crippen LogP contribution in [0.3, 0.4) is 0 Å². The van der Waals surface area contributed by atoms with E-state index in [-0.39, 0.29) is 24.4 Å². The zero-order valence-corrected chi connectivity index (χ0v) is 15.0. The average Bonchev–Trinajstić information content (AvgIpc) is 2.56. The number of carbonyl (C=O) groups is 1. The molecule has 1 aromatic rings. The first kappa shape index (κ1) is 21.7. The molecular formula is C17H29ClN2O3. The molecule has 6 heteroatoms. The minimum atomic E-state index is -0.512. The summed E-state index contributed by atoms with van der Waals surface area (Å²) in [5, 5.41) is 2.95. The van der Waals surface area contributed by atoms with E-state index in [4.69, 9.17) is 15.2 Å². The summed E-state index contributed by atoms with van der Waals surface area (Å²) in [4.78, 5) is 12.1. The minimum absolute atomic E-state index is 0. The highest BCUT2D eigenvalue weighted by Crippen LogP contribution is 2.14. The van der Waals surface area contributed by atoms with Gasteiger partial charge in [-0.25, -0.2) is 0 Å². The van der Waals surface area contributed by atoms with Crippen molar-refractivity contribution in [3.8, 4) is 5.75 Å². The van der Waals surface area contributed by atoms with E-state index in [1.54, 1.807) is 14.0 Å². The molecule has 0 aromatic heterocycles. The summed E-state index contributed by atoms with van der Waals surface area (Å²) < 4.78 is 10.8. The van der Waals surface area contributed by atoms with Gasteiger partial charge in [0.05, 0.1) is 13.7 Å². The van der Waals surface area contributed by atoms with Crippen molar-refractivity contribution in [2.45, 2.75) is 51.9 Å². The number of rotatable bonds is 10. The van der Waals surface area contributed by atoms with Gasteiger partial charge in [0.1, 0.15) is 11.9 Å². The van der Waals surface area contributed by atoms with Gasteiger partial charge in [-0.15, -0.1) is 12.4 Å². The van der Waals surface area contributed by atoms with E-state index >= 15 is 0 Å². The third-order valence-electron chi connectivity index (χ3n) is 3.54. The molecule has 0 saturated carbocycles. The number of nitrogens with one attached hydrogen (secondary N) is 1. The molecule has 0 bridgehead atoms. The Morgan fingerprint density at radius 2 is 2.13 bits per heavy atom. The van der Waals surface area contributed by atoms with Crippen LogP contribution in [-0.2, 0) is 16.1 Å². The fourth-order valence-corrected chi connectivity index (χ4v) is 2.08. The molecule has 0 saturated heterocycles. The summed E-state index contributed by atoms with van der Waals surface area (Å²) in [6.07, 6.45) is 2.54. The monoisotopic (exact) mass is 344 g/mol. The van der Waals surface area contributed by atoms with Crippen molar-refractivity contribution in [2.75, 3.05) is 13.7 Å². The third kappa shape index (κ3) is 8.21. The molecule has 0 aliphatic heterocycles. The average molecular weight is 345 g/mol. The largest absolute Gasteiger partial charge is 0.497 e. The Kier molecular flexibility index (Phi) is 11.5. The molecule has 0 heterocycles. The van der Waals surface area contributed by atoms with E-state index in [0.29, 0.717) is 13.2 Å². The van der Waals surface area contributed by atoms with Crippen molar-refractivity contribution >= 4 is 18.3 Å². The van der Waals surface area contributed by atoms with Crippen LogP contribution >= 0.6 is 12.4 Å². The number of benzene rings is 1. The standard InChI is InChI=1S/C17H28N2O3.ClH/c1-4-5-8-15(11-18)19-17(20)13(2)22-12-14-7-6-9-16(10-14)21-3;/h6-7,9-10,13,15H,4-5,8,11-12,18H2,1-3H3,(H,19,20);1H. The van der Waals surface area contributed by atoms with E-state index < -0.39 is 6.10 Å². The predicted molar refractivity (Wildman–Crippen MR) is 95.0 cm³/mol. The van der Waals surface area contributed by atoms with Gasteiger partial charge in [0.2, 0.25) is 5.91 Å². The lowest BCUT2D eigenvalue weighted by Gasteiger charge is -2.20. The van der Waals surface area contributed by atoms with Crippen LogP contribution in [0.4, 0.5) is 0 Å². The van der Waals surface area contributed by atoms with Crippen molar-refractivity contribution in [1.29, 1.82) is 0 Å². The maximum Gasteiger partial charge on any atom is 0.249 e. The van der Waals surface area contributed by atoms with Gasteiger partial charge in [0, 0.05) is 12.6 Å². The molecule has 0 aliphatic carbocycles. The molecule has 1 amide bonds. The van der Waals surface area contributed by atoms with Gasteiger partial charge in [0.25, 0.3) is 0 Å². The van der Waals surface area contributed by atoms with Crippen LogP contribution in [0, 0.1) is 0 Å². The van der Waals surface area contributed by atoms with Gasteiger partial charge in [-0.1, -0.05) is 31.9 Å². The number of hydrogen-bond acceptors (Lipinski definition) is 4. The summed E-state index contributed by atoms with van der Waals surface area (Å²) in [6, 6.07) is 7.64. The van der Waals surface area contributed by atoms with E-state index in [1.165, 1.54) is 0 Å². The molecule has 0 spiro atoms. The lowest BCUT2D eigenvalue weighted by Crippen LogP contribution is -2.44. The Morgan fingerprint density at radius 3 is 2.74 bits per heavy atom. The third-order valence-corrected chi connectivity index (χ3v) is 3.54. The van der Waals surface area contributed by atoms with Crippen molar-refractivity contribution in [2.24, 2.45) is 5.73 Å². The molecule has 0 fully saturated rings. The number of hydrogen-bond donors (Lipinski definition) is 2. The summed E-state index contributed by atoms with van der Waals surface area (Å²) >= 11 is 0. The van der Waals surface area contributed by atoms with Gasteiger partial charge >= 0.3 is 0 Å². The quantitative estimate of drug-likeness (QED) is 0.684. The van der Waals surface area contributed by atoms with E-state index in [9.17, 15) is 4.79 Å². The Bertz CT molecular complexity index is 457. The minimum Gasteiger partial charge on any atom is -0.497 e. The van der Waals surface area contributed by atoms with Crippen LogP contribution in [0.2, 0.25) is 0 Å². The second-order valence-corrected chi connectivity index (χ2v) is 5.39. The highest BCUT2D eigenvalue weighted by molar-refractivity contribution is 5.85. The lowest BCUT2D eigenvalue weighted by atomic mass is 10.1. The summed E-state index contributed by atoms with van der Waals surface area (Å²) in [7, 11) is 1.62. The molecule has 1 aromatic carbocycles. The molecule has 3 N–H and O–H groups in total. The summed E-state index contributed by atoms with van der Waals surface area (Å²) in [5.74, 6) is 0.662. The number of halogens is 1. The van der Waals surface area contributed by atoms with Crippen molar-refractivity contribution in [3.05, 3.63) is 29.8 Å². The maximum absolute atomic E-state index is 12.1. The molecule has 1 rings (SSSR count). The Hall–Kier alpha value is -1.30. The zero-order valence-electron chi connectivity index (χ0n) is 14.2. The summed E-state index contributed by atoms with van der Waals surface area (Å²) in [5.41, 5.74) is 6.66. The normalized spacial score (nSPS) is 12.9. The number of methoxy groups -OCH3 is 1. The second-order valence-electron chi connectivity index (χ2n) is 5.39. The topological polar surface area (TPSA) is 73.6 Å². The molecular weight excluding hydrogens is 316 g/mol. The molecule has 2 unspecified atom stereocenters. The van der Waals surface area contributed by atoms with Gasteiger partial charge in [-0.2, -0.15) is 0 Å². The Balaban J connectivity index is 0.00000484. The Labute approximate surface area is 145 Å². The predicted octanol–water partition coefficient (Wildman–Crippen LogP) is 2.66. The second kappa shape index (κ2) is 12.2. The fraction of sp³-hybridized carbons (Fsp3) is 0.588. The van der Waals surface area contributed by atoms with Crippen LogP contribution in [0.1, 0.15) is 38.7 Å². The van der Waals surface area contributed by atoms with E-state index in [0.717, 1.165) is 30.6 Å². The Morgan fingerprint density at radius 1 is 1.39 bits per heavy atom. The highest BCUT2D eigenvalue weighted by Gasteiger charge is 2.17. The number of carbonyl (C=O) groups excluding carboxylic acids is 1. The fourth-order valence-electron chi connectivity index (χ4n) is 2.08. The van der Waals surface area contributed by atoms with Crippen LogP contribution < -0.4 is 15.8 Å². The molecule has 23 heavy (non-hydrogen) atoms. The lowest BCUT2D eigenvalue weighted by molar-refractivity contribution is -0.133. The van der Waals surface area contributed by atoms with E-state index in [2.05, 4.69) is 12.2 Å². The van der Waals surface area contributed by atoms with Crippen LogP contribution in [0.15, 0.2) is 24.3 Å². The molecule has 0 radical (unpaired) electrons. The van der Waals surface area contributed by atoms with Gasteiger partial charge in [-0.3, -0.25) is 4.79 Å². The number of amides is 1. The molecule has 5 nitrogen and oxygen atoms in total. The first-order valence-corrected chi connectivity index (χ1v) is 7.85. The number of ether oxygens (including phenoxy) is 2. The SMILES string of the molecule is CCCCC(CN)NC(=O)C(C)OCc1cccc(OC)c1.Cl. The molecule has 0 aliphatic rings. The van der Waals surface area contributed by atoms with Crippen LogP contribution in [0.5, 0.6) is 5.75 Å². The smallest absolute Gasteiger partial charge is 0.249 e. The zero-order chi connectivity index (χ0) is 16.4. The molecule has 132 valence electrons. The van der Waals surface area contributed by atoms with E-state index in [1.807, 2.05) is 24.3 Å².